The Kier molecular flexibility index (Phi) is 6.60. The molecule has 1 heterocycles. The summed E-state index contributed by atoms with van der Waals surface area (Å²) in [4.78, 5) is 15.1. The van der Waals surface area contributed by atoms with Crippen LogP contribution in [-0.4, -0.2) is 35.7 Å². The topological polar surface area (TPSA) is 64.8 Å². The number of hydrogen-bond acceptors (Lipinski definition) is 5. The third kappa shape index (κ3) is 4.32. The lowest BCUT2D eigenvalue weighted by Crippen LogP contribution is -2.41. The van der Waals surface area contributed by atoms with Gasteiger partial charge in [0.25, 0.3) is 5.91 Å². The molecule has 0 radical (unpaired) electrons. The van der Waals surface area contributed by atoms with Crippen LogP contribution in [0.4, 0.5) is 0 Å². The van der Waals surface area contributed by atoms with Crippen molar-refractivity contribution < 1.29 is 18.8 Å². The summed E-state index contributed by atoms with van der Waals surface area (Å²) < 4.78 is 16.6. The van der Waals surface area contributed by atoms with Crippen molar-refractivity contribution in [1.29, 1.82) is 0 Å². The Bertz CT molecular complexity index is 789. The van der Waals surface area contributed by atoms with Crippen LogP contribution in [0.5, 0.6) is 11.5 Å². The van der Waals surface area contributed by atoms with Crippen molar-refractivity contribution in [3.05, 3.63) is 40.8 Å². The van der Waals surface area contributed by atoms with Gasteiger partial charge in [-0.3, -0.25) is 4.79 Å². The predicted molar refractivity (Wildman–Crippen MR) is 107 cm³/mol. The number of methoxy groups -OCH3 is 1. The van der Waals surface area contributed by atoms with E-state index >= 15 is 0 Å². The number of carbonyl (C=O) groups is 1. The molecule has 0 N–H and O–H groups in total. The van der Waals surface area contributed by atoms with E-state index in [0.717, 1.165) is 36.4 Å². The Balaban J connectivity index is 1.75. The molecule has 1 aliphatic rings. The normalized spacial score (nSPS) is 14.7. The Labute approximate surface area is 166 Å². The maximum Gasteiger partial charge on any atom is 0.254 e. The first-order valence-corrected chi connectivity index (χ1v) is 10.1. The molecule has 152 valence electrons. The number of aromatic nitrogens is 1. The molecule has 1 saturated carbocycles. The third-order valence-corrected chi connectivity index (χ3v) is 5.58. The second-order valence-electron chi connectivity index (χ2n) is 7.34. The van der Waals surface area contributed by atoms with Gasteiger partial charge in [-0.1, -0.05) is 24.4 Å². The molecule has 0 saturated heterocycles. The molecule has 1 amide bonds. The standard InChI is InChI=1S/C22H30N2O4/c1-5-24(18-9-7-6-8-10-18)22(25)17-11-12-20(21(13-17)26-4)27-14-19-15(2)23-28-16(19)3/h11-13,18H,5-10,14H2,1-4H3. The Morgan fingerprint density at radius 1 is 1.21 bits per heavy atom. The van der Waals surface area contributed by atoms with Crippen LogP contribution >= 0.6 is 0 Å². The molecule has 0 spiro atoms. The molecule has 0 unspecified atom stereocenters. The smallest absolute Gasteiger partial charge is 0.254 e. The monoisotopic (exact) mass is 386 g/mol. The van der Waals surface area contributed by atoms with Gasteiger partial charge in [-0.05, 0) is 51.8 Å². The lowest BCUT2D eigenvalue weighted by Gasteiger charge is -2.33. The van der Waals surface area contributed by atoms with Gasteiger partial charge in [0.05, 0.1) is 18.4 Å². The van der Waals surface area contributed by atoms with Crippen molar-refractivity contribution >= 4 is 5.91 Å². The number of hydrogen-bond donors (Lipinski definition) is 0. The second-order valence-corrected chi connectivity index (χ2v) is 7.34. The van der Waals surface area contributed by atoms with Crippen LogP contribution < -0.4 is 9.47 Å². The summed E-state index contributed by atoms with van der Waals surface area (Å²) in [6, 6.07) is 5.74. The van der Waals surface area contributed by atoms with Crippen LogP contribution in [0.15, 0.2) is 22.7 Å². The summed E-state index contributed by atoms with van der Waals surface area (Å²) in [6.07, 6.45) is 5.86. The number of nitrogens with zero attached hydrogens (tertiary/aromatic N) is 2. The number of benzene rings is 1. The van der Waals surface area contributed by atoms with Gasteiger partial charge in [-0.2, -0.15) is 0 Å². The molecule has 3 rings (SSSR count). The lowest BCUT2D eigenvalue weighted by atomic mass is 9.93. The molecular formula is C22H30N2O4. The van der Waals surface area contributed by atoms with Gasteiger partial charge < -0.3 is 18.9 Å². The van der Waals surface area contributed by atoms with Gasteiger partial charge in [0.2, 0.25) is 0 Å². The van der Waals surface area contributed by atoms with Crippen LogP contribution in [0.25, 0.3) is 0 Å². The van der Waals surface area contributed by atoms with Gasteiger partial charge in [0.15, 0.2) is 11.5 Å². The molecule has 0 aliphatic heterocycles. The molecule has 6 nitrogen and oxygen atoms in total. The van der Waals surface area contributed by atoms with Crippen LogP contribution in [-0.2, 0) is 6.61 Å². The van der Waals surface area contributed by atoms with Crippen molar-refractivity contribution in [2.45, 2.75) is 65.5 Å². The average molecular weight is 386 g/mol. The summed E-state index contributed by atoms with van der Waals surface area (Å²) in [5, 5.41) is 3.95. The highest BCUT2D eigenvalue weighted by Gasteiger charge is 2.25. The minimum Gasteiger partial charge on any atom is -0.493 e. The van der Waals surface area contributed by atoms with Crippen molar-refractivity contribution in [2.24, 2.45) is 0 Å². The molecule has 0 atom stereocenters. The first-order valence-electron chi connectivity index (χ1n) is 10.1. The summed E-state index contributed by atoms with van der Waals surface area (Å²) in [7, 11) is 1.59. The van der Waals surface area contributed by atoms with E-state index in [0.29, 0.717) is 29.7 Å². The fourth-order valence-corrected chi connectivity index (χ4v) is 3.90. The summed E-state index contributed by atoms with van der Waals surface area (Å²) in [5.41, 5.74) is 2.37. The molecule has 1 aliphatic carbocycles. The number of aryl methyl sites for hydroxylation is 2. The molecule has 2 aromatic rings. The number of ether oxygens (including phenoxy) is 2. The van der Waals surface area contributed by atoms with Crippen molar-refractivity contribution in [2.75, 3.05) is 13.7 Å². The van der Waals surface area contributed by atoms with E-state index < -0.39 is 0 Å². The molecule has 1 aromatic carbocycles. The van der Waals surface area contributed by atoms with Gasteiger partial charge in [0, 0.05) is 18.2 Å². The minimum absolute atomic E-state index is 0.0602. The number of rotatable bonds is 7. The minimum atomic E-state index is 0.0602. The van der Waals surface area contributed by atoms with E-state index in [1.54, 1.807) is 19.2 Å². The van der Waals surface area contributed by atoms with Gasteiger partial charge in [-0.25, -0.2) is 0 Å². The molecule has 28 heavy (non-hydrogen) atoms. The van der Waals surface area contributed by atoms with Crippen LogP contribution in [0.3, 0.4) is 0 Å². The van der Waals surface area contributed by atoms with Gasteiger partial charge in [-0.15, -0.1) is 0 Å². The maximum absolute atomic E-state index is 13.1. The number of amides is 1. The van der Waals surface area contributed by atoms with Crippen molar-refractivity contribution in [3.63, 3.8) is 0 Å². The second kappa shape index (κ2) is 9.13. The molecular weight excluding hydrogens is 356 g/mol. The van der Waals surface area contributed by atoms with Crippen LogP contribution in [0.2, 0.25) is 0 Å². The lowest BCUT2D eigenvalue weighted by molar-refractivity contribution is 0.0647. The molecule has 6 heteroatoms. The largest absolute Gasteiger partial charge is 0.493 e. The van der Waals surface area contributed by atoms with E-state index in [4.69, 9.17) is 14.0 Å². The zero-order chi connectivity index (χ0) is 20.1. The molecule has 1 aromatic heterocycles. The summed E-state index contributed by atoms with van der Waals surface area (Å²) >= 11 is 0. The van der Waals surface area contributed by atoms with E-state index in [2.05, 4.69) is 5.16 Å². The van der Waals surface area contributed by atoms with E-state index in [1.807, 2.05) is 31.7 Å². The van der Waals surface area contributed by atoms with E-state index in [9.17, 15) is 4.79 Å². The first-order chi connectivity index (χ1) is 13.5. The fraction of sp³-hybridized carbons (Fsp3) is 0.545. The fourth-order valence-electron chi connectivity index (χ4n) is 3.90. The zero-order valence-corrected chi connectivity index (χ0v) is 17.3. The van der Waals surface area contributed by atoms with Crippen LogP contribution in [0, 0.1) is 13.8 Å². The highest BCUT2D eigenvalue weighted by molar-refractivity contribution is 5.95. The Morgan fingerprint density at radius 3 is 2.57 bits per heavy atom. The van der Waals surface area contributed by atoms with Crippen LogP contribution in [0.1, 0.15) is 66.4 Å². The molecule has 0 bridgehead atoms. The number of carbonyl (C=O) groups excluding carboxylic acids is 1. The van der Waals surface area contributed by atoms with Gasteiger partial charge >= 0.3 is 0 Å². The van der Waals surface area contributed by atoms with E-state index in [-0.39, 0.29) is 5.91 Å². The highest BCUT2D eigenvalue weighted by Crippen LogP contribution is 2.31. The summed E-state index contributed by atoms with van der Waals surface area (Å²) in [5.74, 6) is 1.95. The van der Waals surface area contributed by atoms with Crippen molar-refractivity contribution in [1.82, 2.24) is 10.1 Å². The third-order valence-electron chi connectivity index (χ3n) is 5.58. The van der Waals surface area contributed by atoms with Gasteiger partial charge in [0.1, 0.15) is 12.4 Å². The maximum atomic E-state index is 13.1. The highest BCUT2D eigenvalue weighted by atomic mass is 16.5. The first kappa shape index (κ1) is 20.2. The average Bonchev–Trinajstić information content (AvgIpc) is 3.05. The Hall–Kier alpha value is -2.50. The Morgan fingerprint density at radius 2 is 1.96 bits per heavy atom. The molecule has 1 fully saturated rings. The quantitative estimate of drug-likeness (QED) is 0.692. The predicted octanol–water partition coefficient (Wildman–Crippen LogP) is 4.67. The SMILES string of the molecule is CCN(C(=O)c1ccc(OCc2c(C)noc2C)c(OC)c1)C1CCCCC1. The van der Waals surface area contributed by atoms with Crippen molar-refractivity contribution in [3.8, 4) is 11.5 Å². The van der Waals surface area contributed by atoms with E-state index in [1.165, 1.54) is 19.3 Å². The zero-order valence-electron chi connectivity index (χ0n) is 17.3. The summed E-state index contributed by atoms with van der Waals surface area (Å²) in [6.45, 7) is 6.86.